The Hall–Kier alpha value is -0.930. The van der Waals surface area contributed by atoms with Gasteiger partial charge in [0.15, 0.2) is 0 Å². The first kappa shape index (κ1) is 13.5. The van der Waals surface area contributed by atoms with E-state index < -0.39 is 0 Å². The SMILES string of the molecule is Cc1ccc(F)c(C(CN)NCC(C)C2CC2)c1. The molecule has 0 heterocycles. The van der Waals surface area contributed by atoms with E-state index in [1.807, 2.05) is 13.0 Å². The minimum absolute atomic E-state index is 0.0777. The van der Waals surface area contributed by atoms with Crippen LogP contribution in [0.4, 0.5) is 4.39 Å². The van der Waals surface area contributed by atoms with E-state index in [1.54, 1.807) is 6.07 Å². The molecule has 0 aromatic heterocycles. The van der Waals surface area contributed by atoms with E-state index in [1.165, 1.54) is 18.9 Å². The Morgan fingerprint density at radius 2 is 2.17 bits per heavy atom. The Morgan fingerprint density at radius 3 is 2.78 bits per heavy atom. The molecule has 1 aliphatic carbocycles. The third kappa shape index (κ3) is 3.30. The quantitative estimate of drug-likeness (QED) is 0.814. The molecule has 0 amide bonds. The standard InChI is InChI=1S/C15H23FN2/c1-10-3-6-14(16)13(7-10)15(8-17)18-9-11(2)12-4-5-12/h3,6-7,11-12,15,18H,4-5,8-9,17H2,1-2H3. The van der Waals surface area contributed by atoms with Gasteiger partial charge in [-0.05, 0) is 44.2 Å². The van der Waals surface area contributed by atoms with Crippen molar-refractivity contribution in [2.45, 2.75) is 32.7 Å². The van der Waals surface area contributed by atoms with Gasteiger partial charge in [0, 0.05) is 18.2 Å². The second-order valence-corrected chi connectivity index (χ2v) is 5.54. The van der Waals surface area contributed by atoms with Gasteiger partial charge in [0.05, 0.1) is 0 Å². The van der Waals surface area contributed by atoms with Crippen molar-refractivity contribution in [1.82, 2.24) is 5.32 Å². The van der Waals surface area contributed by atoms with Crippen molar-refractivity contribution < 1.29 is 4.39 Å². The minimum Gasteiger partial charge on any atom is -0.329 e. The van der Waals surface area contributed by atoms with Crippen LogP contribution in [0.25, 0.3) is 0 Å². The fourth-order valence-corrected chi connectivity index (χ4v) is 2.41. The molecular formula is C15H23FN2. The molecule has 0 radical (unpaired) electrons. The van der Waals surface area contributed by atoms with Crippen molar-refractivity contribution in [3.05, 3.63) is 35.1 Å². The number of halogens is 1. The maximum absolute atomic E-state index is 13.8. The van der Waals surface area contributed by atoms with Gasteiger partial charge in [-0.25, -0.2) is 4.39 Å². The summed E-state index contributed by atoms with van der Waals surface area (Å²) in [5, 5.41) is 3.41. The van der Waals surface area contributed by atoms with Gasteiger partial charge in [0.25, 0.3) is 0 Å². The van der Waals surface area contributed by atoms with Gasteiger partial charge in [-0.15, -0.1) is 0 Å². The zero-order valence-electron chi connectivity index (χ0n) is 11.2. The molecule has 2 rings (SSSR count). The van der Waals surface area contributed by atoms with Crippen LogP contribution in [0.5, 0.6) is 0 Å². The topological polar surface area (TPSA) is 38.0 Å². The molecule has 0 aliphatic heterocycles. The van der Waals surface area contributed by atoms with E-state index in [0.717, 1.165) is 18.0 Å². The highest BCUT2D eigenvalue weighted by Crippen LogP contribution is 2.36. The number of benzene rings is 1. The fraction of sp³-hybridized carbons (Fsp3) is 0.600. The van der Waals surface area contributed by atoms with Crippen molar-refractivity contribution in [2.24, 2.45) is 17.6 Å². The molecule has 18 heavy (non-hydrogen) atoms. The largest absolute Gasteiger partial charge is 0.329 e. The summed E-state index contributed by atoms with van der Waals surface area (Å²) in [5.41, 5.74) is 7.54. The van der Waals surface area contributed by atoms with Crippen LogP contribution in [-0.2, 0) is 0 Å². The monoisotopic (exact) mass is 250 g/mol. The van der Waals surface area contributed by atoms with Crippen LogP contribution in [0, 0.1) is 24.6 Å². The fourth-order valence-electron chi connectivity index (χ4n) is 2.41. The zero-order chi connectivity index (χ0) is 13.1. The molecule has 3 heteroatoms. The van der Waals surface area contributed by atoms with E-state index in [2.05, 4.69) is 12.2 Å². The first-order valence-corrected chi connectivity index (χ1v) is 6.81. The summed E-state index contributed by atoms with van der Waals surface area (Å²) >= 11 is 0. The highest BCUT2D eigenvalue weighted by atomic mass is 19.1. The molecule has 3 N–H and O–H groups in total. The summed E-state index contributed by atoms with van der Waals surface area (Å²) in [6, 6.07) is 5.13. The van der Waals surface area contributed by atoms with Gasteiger partial charge in [-0.3, -0.25) is 0 Å². The molecule has 1 aromatic rings. The molecular weight excluding hydrogens is 227 g/mol. The van der Waals surface area contributed by atoms with Crippen LogP contribution in [0.1, 0.15) is 36.9 Å². The summed E-state index contributed by atoms with van der Waals surface area (Å²) in [6.45, 7) is 5.58. The lowest BCUT2D eigenvalue weighted by Crippen LogP contribution is -2.32. The molecule has 1 aromatic carbocycles. The number of nitrogens with two attached hydrogens (primary N) is 1. The van der Waals surface area contributed by atoms with E-state index in [0.29, 0.717) is 18.0 Å². The maximum atomic E-state index is 13.8. The number of hydrogen-bond donors (Lipinski definition) is 2. The highest BCUT2D eigenvalue weighted by molar-refractivity contribution is 5.27. The van der Waals surface area contributed by atoms with Crippen LogP contribution in [0.15, 0.2) is 18.2 Å². The Kier molecular flexibility index (Phi) is 4.36. The summed E-state index contributed by atoms with van der Waals surface area (Å²) in [7, 11) is 0. The first-order valence-electron chi connectivity index (χ1n) is 6.81. The number of nitrogens with one attached hydrogen (secondary N) is 1. The van der Waals surface area contributed by atoms with Crippen molar-refractivity contribution in [3.8, 4) is 0 Å². The molecule has 0 spiro atoms. The average Bonchev–Trinajstić information content (AvgIpc) is 3.18. The molecule has 1 fully saturated rings. The normalized spacial score (nSPS) is 18.7. The third-order valence-electron chi connectivity index (χ3n) is 3.88. The third-order valence-corrected chi connectivity index (χ3v) is 3.88. The predicted molar refractivity (Wildman–Crippen MR) is 72.8 cm³/mol. The molecule has 1 aliphatic rings. The van der Waals surface area contributed by atoms with Crippen LogP contribution in [-0.4, -0.2) is 13.1 Å². The Bertz CT molecular complexity index is 401. The van der Waals surface area contributed by atoms with Crippen molar-refractivity contribution in [2.75, 3.05) is 13.1 Å². The van der Waals surface area contributed by atoms with Crippen molar-refractivity contribution >= 4 is 0 Å². The summed E-state index contributed by atoms with van der Waals surface area (Å²) < 4.78 is 13.8. The van der Waals surface area contributed by atoms with Crippen LogP contribution >= 0.6 is 0 Å². The molecule has 0 saturated heterocycles. The lowest BCUT2D eigenvalue weighted by molar-refractivity contribution is 0.415. The lowest BCUT2D eigenvalue weighted by atomic mass is 10.0. The van der Waals surface area contributed by atoms with Crippen LogP contribution < -0.4 is 11.1 Å². The second-order valence-electron chi connectivity index (χ2n) is 5.54. The second kappa shape index (κ2) is 5.81. The highest BCUT2D eigenvalue weighted by Gasteiger charge is 2.28. The molecule has 2 unspecified atom stereocenters. The molecule has 2 atom stereocenters. The maximum Gasteiger partial charge on any atom is 0.128 e. The summed E-state index contributed by atoms with van der Waals surface area (Å²) in [5.74, 6) is 1.35. The minimum atomic E-state index is -0.164. The molecule has 2 nitrogen and oxygen atoms in total. The summed E-state index contributed by atoms with van der Waals surface area (Å²) in [4.78, 5) is 0. The van der Waals surface area contributed by atoms with Crippen molar-refractivity contribution in [1.29, 1.82) is 0 Å². The first-order chi connectivity index (χ1) is 8.61. The van der Waals surface area contributed by atoms with E-state index in [9.17, 15) is 4.39 Å². The smallest absolute Gasteiger partial charge is 0.128 e. The predicted octanol–water partition coefficient (Wildman–Crippen LogP) is 2.77. The average molecular weight is 250 g/mol. The molecule has 1 saturated carbocycles. The van der Waals surface area contributed by atoms with Gasteiger partial charge < -0.3 is 11.1 Å². The Morgan fingerprint density at radius 1 is 1.44 bits per heavy atom. The Labute approximate surface area is 109 Å². The van der Waals surface area contributed by atoms with Gasteiger partial charge in [-0.1, -0.05) is 24.6 Å². The Balaban J connectivity index is 2.00. The van der Waals surface area contributed by atoms with Gasteiger partial charge in [0.1, 0.15) is 5.82 Å². The van der Waals surface area contributed by atoms with E-state index in [-0.39, 0.29) is 11.9 Å². The number of hydrogen-bond acceptors (Lipinski definition) is 2. The molecule has 0 bridgehead atoms. The lowest BCUT2D eigenvalue weighted by Gasteiger charge is -2.21. The van der Waals surface area contributed by atoms with Crippen molar-refractivity contribution in [3.63, 3.8) is 0 Å². The van der Waals surface area contributed by atoms with E-state index >= 15 is 0 Å². The van der Waals surface area contributed by atoms with Gasteiger partial charge in [-0.2, -0.15) is 0 Å². The summed E-state index contributed by atoms with van der Waals surface area (Å²) in [6.07, 6.45) is 2.68. The van der Waals surface area contributed by atoms with Gasteiger partial charge in [0.2, 0.25) is 0 Å². The molecule has 100 valence electrons. The van der Waals surface area contributed by atoms with Crippen LogP contribution in [0.3, 0.4) is 0 Å². The van der Waals surface area contributed by atoms with E-state index in [4.69, 9.17) is 5.73 Å². The number of aryl methyl sites for hydroxylation is 1. The zero-order valence-corrected chi connectivity index (χ0v) is 11.2. The number of rotatable bonds is 6. The van der Waals surface area contributed by atoms with Crippen LogP contribution in [0.2, 0.25) is 0 Å². The van der Waals surface area contributed by atoms with Gasteiger partial charge >= 0.3 is 0 Å².